The summed E-state index contributed by atoms with van der Waals surface area (Å²) in [7, 11) is 0. The standard InChI is InChI=1S/C22H36O3/c1-16(2)22-13-12-18(4)9-7-8-17(3)10-11-20(24-19(5)23)21(6,25-22)14-15-22/h8,12,16,20H,7,9-11,13-15H2,1-6H3/b17-8-,18-12-/t20-,21+,22-/m0/s1. The van der Waals surface area contributed by atoms with Crippen LogP contribution in [0.25, 0.3) is 0 Å². The Hall–Kier alpha value is -1.09. The van der Waals surface area contributed by atoms with Crippen LogP contribution in [0.3, 0.4) is 0 Å². The molecule has 2 rings (SSSR count). The van der Waals surface area contributed by atoms with Crippen LogP contribution in [0.2, 0.25) is 0 Å². The van der Waals surface area contributed by atoms with Crippen molar-refractivity contribution in [3.05, 3.63) is 23.3 Å². The van der Waals surface area contributed by atoms with E-state index in [1.54, 1.807) is 0 Å². The average Bonchev–Trinajstić information content (AvgIpc) is 2.88. The molecule has 2 aliphatic rings. The minimum atomic E-state index is -0.397. The van der Waals surface area contributed by atoms with Gasteiger partial charge in [0, 0.05) is 6.92 Å². The molecule has 0 aromatic carbocycles. The molecule has 0 saturated carbocycles. The summed E-state index contributed by atoms with van der Waals surface area (Å²) < 4.78 is 12.5. The van der Waals surface area contributed by atoms with Crippen LogP contribution in [-0.2, 0) is 14.3 Å². The van der Waals surface area contributed by atoms with Gasteiger partial charge in [-0.1, -0.05) is 37.1 Å². The molecule has 2 bridgehead atoms. The molecule has 0 spiro atoms. The Morgan fingerprint density at radius 1 is 1.20 bits per heavy atom. The van der Waals surface area contributed by atoms with Crippen molar-refractivity contribution in [3.8, 4) is 0 Å². The molecule has 0 unspecified atom stereocenters. The van der Waals surface area contributed by atoms with E-state index in [1.807, 2.05) is 0 Å². The van der Waals surface area contributed by atoms with Gasteiger partial charge in [0.1, 0.15) is 11.7 Å². The van der Waals surface area contributed by atoms with Gasteiger partial charge in [-0.2, -0.15) is 0 Å². The van der Waals surface area contributed by atoms with Gasteiger partial charge in [-0.05, 0) is 71.6 Å². The largest absolute Gasteiger partial charge is 0.459 e. The van der Waals surface area contributed by atoms with Crippen molar-refractivity contribution in [2.45, 2.75) is 104 Å². The van der Waals surface area contributed by atoms with Gasteiger partial charge in [0.05, 0.1) is 5.60 Å². The highest BCUT2D eigenvalue weighted by Crippen LogP contribution is 2.48. The number of hydrogen-bond donors (Lipinski definition) is 0. The molecule has 0 N–H and O–H groups in total. The second-order valence-electron chi connectivity index (χ2n) is 8.61. The molecule has 0 amide bonds. The van der Waals surface area contributed by atoms with E-state index in [2.05, 4.69) is 46.8 Å². The maximum absolute atomic E-state index is 11.7. The number of hydrogen-bond acceptors (Lipinski definition) is 3. The van der Waals surface area contributed by atoms with Crippen molar-refractivity contribution >= 4 is 5.97 Å². The molecule has 1 saturated heterocycles. The Morgan fingerprint density at radius 2 is 1.88 bits per heavy atom. The van der Waals surface area contributed by atoms with E-state index < -0.39 is 5.60 Å². The Morgan fingerprint density at radius 3 is 2.52 bits per heavy atom. The number of ether oxygens (including phenoxy) is 2. The molecule has 3 atom stereocenters. The third-order valence-electron chi connectivity index (χ3n) is 6.15. The van der Waals surface area contributed by atoms with Crippen molar-refractivity contribution < 1.29 is 14.3 Å². The first-order valence-corrected chi connectivity index (χ1v) is 9.85. The third-order valence-corrected chi connectivity index (χ3v) is 6.15. The summed E-state index contributed by atoms with van der Waals surface area (Å²) in [6.45, 7) is 12.6. The van der Waals surface area contributed by atoms with Crippen LogP contribution >= 0.6 is 0 Å². The SMILES string of the molecule is CC(=O)O[C@H]1CC/C(C)=C\CC/C(C)=C\C[C@@]2(C(C)C)CC[C@@]1(C)O2. The van der Waals surface area contributed by atoms with Crippen molar-refractivity contribution in [1.82, 2.24) is 0 Å². The minimum absolute atomic E-state index is 0.148. The number of carbonyl (C=O) groups excluding carboxylic acids is 1. The van der Waals surface area contributed by atoms with E-state index in [0.29, 0.717) is 5.92 Å². The molecule has 0 aromatic heterocycles. The number of allylic oxidation sites excluding steroid dienone is 3. The van der Waals surface area contributed by atoms with Crippen molar-refractivity contribution in [1.29, 1.82) is 0 Å². The molecule has 3 heteroatoms. The molecule has 0 aliphatic carbocycles. The van der Waals surface area contributed by atoms with E-state index in [9.17, 15) is 4.79 Å². The normalized spacial score (nSPS) is 38.6. The Bertz CT molecular complexity index is 545. The molecule has 142 valence electrons. The van der Waals surface area contributed by atoms with Gasteiger partial charge in [-0.15, -0.1) is 0 Å². The minimum Gasteiger partial charge on any atom is -0.459 e. The maximum Gasteiger partial charge on any atom is 0.303 e. The zero-order chi connectivity index (χ0) is 18.7. The first-order chi connectivity index (χ1) is 11.7. The van der Waals surface area contributed by atoms with Gasteiger partial charge < -0.3 is 9.47 Å². The van der Waals surface area contributed by atoms with Gasteiger partial charge in [-0.3, -0.25) is 4.79 Å². The van der Waals surface area contributed by atoms with E-state index in [1.165, 1.54) is 18.1 Å². The average molecular weight is 349 g/mol. The van der Waals surface area contributed by atoms with E-state index in [-0.39, 0.29) is 17.7 Å². The Labute approximate surface area is 153 Å². The van der Waals surface area contributed by atoms with Crippen LogP contribution in [0.5, 0.6) is 0 Å². The van der Waals surface area contributed by atoms with Crippen LogP contribution in [0, 0.1) is 5.92 Å². The predicted octanol–water partition coefficient (Wildman–Crippen LogP) is 5.74. The molecular weight excluding hydrogens is 312 g/mol. The lowest BCUT2D eigenvalue weighted by Crippen LogP contribution is -2.46. The monoisotopic (exact) mass is 348 g/mol. The smallest absolute Gasteiger partial charge is 0.303 e. The Kier molecular flexibility index (Phi) is 6.53. The molecule has 0 aromatic rings. The molecule has 25 heavy (non-hydrogen) atoms. The second-order valence-corrected chi connectivity index (χ2v) is 8.61. The van der Waals surface area contributed by atoms with E-state index >= 15 is 0 Å². The van der Waals surface area contributed by atoms with E-state index in [4.69, 9.17) is 9.47 Å². The van der Waals surface area contributed by atoms with Crippen LogP contribution in [-0.4, -0.2) is 23.3 Å². The van der Waals surface area contributed by atoms with Gasteiger partial charge in [0.15, 0.2) is 0 Å². The lowest BCUT2D eigenvalue weighted by molar-refractivity contribution is -0.186. The van der Waals surface area contributed by atoms with Crippen LogP contribution in [0.4, 0.5) is 0 Å². The van der Waals surface area contributed by atoms with Gasteiger partial charge in [0.25, 0.3) is 0 Å². The summed E-state index contributed by atoms with van der Waals surface area (Å²) in [5.41, 5.74) is 2.27. The predicted molar refractivity (Wildman–Crippen MR) is 102 cm³/mol. The summed E-state index contributed by atoms with van der Waals surface area (Å²) in [6.07, 6.45) is 11.4. The topological polar surface area (TPSA) is 35.5 Å². The van der Waals surface area contributed by atoms with Crippen LogP contribution in [0.1, 0.15) is 86.5 Å². The second kappa shape index (κ2) is 8.07. The Balaban J connectivity index is 2.35. The third kappa shape index (κ3) is 4.97. The summed E-state index contributed by atoms with van der Waals surface area (Å²) in [6, 6.07) is 0. The fraction of sp³-hybridized carbons (Fsp3) is 0.773. The van der Waals surface area contributed by atoms with Crippen molar-refractivity contribution in [2.24, 2.45) is 5.92 Å². The lowest BCUT2D eigenvalue weighted by Gasteiger charge is -2.39. The molecular formula is C22H36O3. The number of rotatable bonds is 2. The summed E-state index contributed by atoms with van der Waals surface area (Å²) in [5, 5.41) is 0. The van der Waals surface area contributed by atoms with Gasteiger partial charge in [-0.25, -0.2) is 0 Å². The first-order valence-electron chi connectivity index (χ1n) is 9.85. The highest BCUT2D eigenvalue weighted by molar-refractivity contribution is 5.66. The van der Waals surface area contributed by atoms with Crippen molar-refractivity contribution in [3.63, 3.8) is 0 Å². The maximum atomic E-state index is 11.7. The van der Waals surface area contributed by atoms with Gasteiger partial charge in [0.2, 0.25) is 0 Å². The molecule has 1 fully saturated rings. The quantitative estimate of drug-likeness (QED) is 0.471. The summed E-state index contributed by atoms with van der Waals surface area (Å²) >= 11 is 0. The van der Waals surface area contributed by atoms with Crippen LogP contribution in [0.15, 0.2) is 23.3 Å². The van der Waals surface area contributed by atoms with E-state index in [0.717, 1.165) is 44.9 Å². The highest BCUT2D eigenvalue weighted by atomic mass is 16.6. The molecule has 2 heterocycles. The summed E-state index contributed by atoms with van der Waals surface area (Å²) in [4.78, 5) is 11.7. The fourth-order valence-corrected chi connectivity index (χ4v) is 4.18. The van der Waals surface area contributed by atoms with Gasteiger partial charge >= 0.3 is 5.97 Å². The zero-order valence-corrected chi connectivity index (χ0v) is 17.0. The lowest BCUT2D eigenvalue weighted by atomic mass is 9.82. The van der Waals surface area contributed by atoms with Crippen molar-refractivity contribution in [2.75, 3.05) is 0 Å². The number of fused-ring (bicyclic) bond motifs is 2. The first kappa shape index (κ1) is 20.2. The molecule has 3 nitrogen and oxygen atoms in total. The molecule has 2 aliphatic heterocycles. The molecule has 0 radical (unpaired) electrons. The summed E-state index contributed by atoms with van der Waals surface area (Å²) in [5.74, 6) is 0.222. The van der Waals surface area contributed by atoms with Crippen LogP contribution < -0.4 is 0 Å². The number of carbonyl (C=O) groups is 1. The zero-order valence-electron chi connectivity index (χ0n) is 17.0. The fourth-order valence-electron chi connectivity index (χ4n) is 4.18. The highest BCUT2D eigenvalue weighted by Gasteiger charge is 2.52. The number of esters is 1.